The van der Waals surface area contributed by atoms with Gasteiger partial charge in [0.05, 0.1) is 0 Å². The predicted octanol–water partition coefficient (Wildman–Crippen LogP) is 2.15. The zero-order valence-corrected chi connectivity index (χ0v) is 15.4. The molecule has 0 fully saturated rings. The number of hydrogen-bond donors (Lipinski definition) is 0. The summed E-state index contributed by atoms with van der Waals surface area (Å²) in [7, 11) is 4.22. The molecule has 0 atom stereocenters. The molecule has 1 aromatic rings. The largest absolute Gasteiger partial charge is 0.399 e. The van der Waals surface area contributed by atoms with E-state index in [1.807, 2.05) is 6.07 Å². The van der Waals surface area contributed by atoms with E-state index in [1.165, 1.54) is 21.3 Å². The van der Waals surface area contributed by atoms with Gasteiger partial charge in [0.2, 0.25) is 0 Å². The van der Waals surface area contributed by atoms with Gasteiger partial charge in [0.1, 0.15) is 45.1 Å². The highest BCUT2D eigenvalue weighted by atomic mass is 16.6. The summed E-state index contributed by atoms with van der Waals surface area (Å²) in [5, 5.41) is 15.4. The third-order valence-corrected chi connectivity index (χ3v) is 3.11. The molecule has 0 aliphatic carbocycles. The van der Waals surface area contributed by atoms with Crippen molar-refractivity contribution in [3.8, 4) is 0 Å². The van der Waals surface area contributed by atoms with Crippen LogP contribution in [0.5, 0.6) is 0 Å². The van der Waals surface area contributed by atoms with Gasteiger partial charge in [0, 0.05) is 11.1 Å². The van der Waals surface area contributed by atoms with Gasteiger partial charge >= 0.3 is 0 Å². The lowest BCUT2D eigenvalue weighted by molar-refractivity contribution is -0.102. The number of aldehydes is 1. The van der Waals surface area contributed by atoms with Crippen LogP contribution >= 0.6 is 0 Å². The number of carbonyl (C=O) groups excluding carboxylic acids is 1. The van der Waals surface area contributed by atoms with Crippen molar-refractivity contribution in [1.82, 2.24) is 0 Å². The van der Waals surface area contributed by atoms with Crippen molar-refractivity contribution in [2.45, 2.75) is 20.5 Å². The first kappa shape index (κ1) is 20.8. The maximum absolute atomic E-state index is 11.2. The summed E-state index contributed by atoms with van der Waals surface area (Å²) >= 11 is 0. The molecular weight excluding hydrogens is 340 g/mol. The van der Waals surface area contributed by atoms with Gasteiger partial charge in [-0.25, -0.2) is 0 Å². The fourth-order valence-corrected chi connectivity index (χ4v) is 2.04. The van der Waals surface area contributed by atoms with E-state index in [0.29, 0.717) is 29.0 Å². The average Bonchev–Trinajstić information content (AvgIpc) is 2.64. The number of benzene rings is 1. The Morgan fingerprint density at radius 3 is 2.15 bits per heavy atom. The number of nitrogens with zero attached hydrogens (tertiary/aromatic N) is 4. The smallest absolute Gasteiger partial charge is 0.172 e. The number of hydrogen-bond acceptors (Lipinski definition) is 9. The van der Waals surface area contributed by atoms with Crippen molar-refractivity contribution in [3.05, 3.63) is 35.4 Å². The first-order valence-electron chi connectivity index (χ1n) is 7.59. The third kappa shape index (κ3) is 6.00. The lowest BCUT2D eigenvalue weighted by atomic mass is 10.0. The molecule has 0 aliphatic rings. The molecule has 0 radical (unpaired) electrons. The summed E-state index contributed by atoms with van der Waals surface area (Å²) in [6, 6.07) is 7.16. The van der Waals surface area contributed by atoms with E-state index in [9.17, 15) is 4.79 Å². The Morgan fingerprint density at radius 1 is 0.923 bits per heavy atom. The molecule has 1 aromatic carbocycles. The first-order chi connectivity index (χ1) is 12.6. The third-order valence-electron chi connectivity index (χ3n) is 3.11. The van der Waals surface area contributed by atoms with Gasteiger partial charge in [0.25, 0.3) is 0 Å². The van der Waals surface area contributed by atoms with E-state index in [1.54, 1.807) is 32.0 Å². The Morgan fingerprint density at radius 2 is 1.54 bits per heavy atom. The van der Waals surface area contributed by atoms with Crippen LogP contribution < -0.4 is 0 Å². The van der Waals surface area contributed by atoms with Crippen LogP contribution in [0.2, 0.25) is 0 Å². The van der Waals surface area contributed by atoms with Crippen LogP contribution in [0.3, 0.4) is 0 Å². The van der Waals surface area contributed by atoms with Gasteiger partial charge in [-0.15, -0.1) is 0 Å². The monoisotopic (exact) mass is 362 g/mol. The van der Waals surface area contributed by atoms with Crippen LogP contribution in [0.15, 0.2) is 44.9 Å². The summed E-state index contributed by atoms with van der Waals surface area (Å²) in [6.07, 6.45) is 0.616. The number of rotatable bonds is 10. The molecular formula is C17H22N4O5. The second kappa shape index (κ2) is 11.3. The minimum absolute atomic E-state index is 0.116. The highest BCUT2D eigenvalue weighted by molar-refractivity contribution is 6.67. The molecule has 0 aromatic heterocycles. The first-order valence-corrected chi connectivity index (χ1v) is 7.59. The van der Waals surface area contributed by atoms with Gasteiger partial charge in [0.15, 0.2) is 12.0 Å². The van der Waals surface area contributed by atoms with Gasteiger partial charge in [-0.1, -0.05) is 44.9 Å². The van der Waals surface area contributed by atoms with E-state index >= 15 is 0 Å². The second-order valence-corrected chi connectivity index (χ2v) is 4.87. The SMILES string of the molecule is CON=C(C=O)c1ccccc1CO/N=C(C)/C(=N/OC)C(/C)=N/OC. The molecule has 0 amide bonds. The quantitative estimate of drug-likeness (QED) is 0.360. The zero-order chi connectivity index (χ0) is 19.4. The molecule has 9 heteroatoms. The highest BCUT2D eigenvalue weighted by Gasteiger charge is 2.12. The molecule has 0 saturated heterocycles. The molecule has 26 heavy (non-hydrogen) atoms. The summed E-state index contributed by atoms with van der Waals surface area (Å²) in [5.74, 6) is 0. The van der Waals surface area contributed by atoms with E-state index in [0.717, 1.165) is 5.56 Å². The molecule has 0 unspecified atom stereocenters. The Bertz CT molecular complexity index is 726. The summed E-state index contributed by atoms with van der Waals surface area (Å²) in [5.41, 5.74) is 2.80. The molecule has 9 nitrogen and oxygen atoms in total. The van der Waals surface area contributed by atoms with Crippen molar-refractivity contribution < 1.29 is 24.1 Å². The molecule has 0 bridgehead atoms. The maximum atomic E-state index is 11.2. The van der Waals surface area contributed by atoms with Gasteiger partial charge in [-0.05, 0) is 13.8 Å². The fourth-order valence-electron chi connectivity index (χ4n) is 2.04. The summed E-state index contributed by atoms with van der Waals surface area (Å²) in [6.45, 7) is 3.51. The van der Waals surface area contributed by atoms with Gasteiger partial charge < -0.3 is 19.4 Å². The average molecular weight is 362 g/mol. The van der Waals surface area contributed by atoms with Crippen molar-refractivity contribution in [2.75, 3.05) is 21.3 Å². The van der Waals surface area contributed by atoms with Crippen LogP contribution in [0.25, 0.3) is 0 Å². The Hall–Kier alpha value is -3.23. The maximum Gasteiger partial charge on any atom is 0.172 e. The van der Waals surface area contributed by atoms with Crippen molar-refractivity contribution in [2.24, 2.45) is 20.6 Å². The van der Waals surface area contributed by atoms with Crippen molar-refractivity contribution >= 4 is 29.1 Å². The Labute approximate surface area is 151 Å². The van der Waals surface area contributed by atoms with Crippen LogP contribution in [-0.4, -0.2) is 50.5 Å². The lowest BCUT2D eigenvalue weighted by Crippen LogP contribution is -2.21. The van der Waals surface area contributed by atoms with Crippen LogP contribution in [0, 0.1) is 0 Å². The standard InChI is InChI=1S/C17H22N4O5/c1-12(18-23-3)17(21-25-5)13(2)19-26-11-14-8-6-7-9-15(14)16(10-22)20-24-4/h6-10H,11H2,1-5H3/b18-12+,19-13+,20-16?,21-17+. The number of oxime groups is 4. The number of carbonyl (C=O) groups is 1. The molecule has 0 saturated carbocycles. The molecule has 0 N–H and O–H groups in total. The minimum atomic E-state index is 0.116. The van der Waals surface area contributed by atoms with E-state index in [2.05, 4.69) is 25.5 Å². The summed E-state index contributed by atoms with van der Waals surface area (Å²) in [4.78, 5) is 30.8. The highest BCUT2D eigenvalue weighted by Crippen LogP contribution is 2.11. The van der Waals surface area contributed by atoms with E-state index in [4.69, 9.17) is 14.5 Å². The van der Waals surface area contributed by atoms with Crippen LogP contribution in [0.1, 0.15) is 25.0 Å². The molecule has 0 aliphatic heterocycles. The Balaban J connectivity index is 2.98. The van der Waals surface area contributed by atoms with E-state index < -0.39 is 0 Å². The van der Waals surface area contributed by atoms with Crippen molar-refractivity contribution in [1.29, 1.82) is 0 Å². The normalized spacial score (nSPS) is 13.3. The lowest BCUT2D eigenvalue weighted by Gasteiger charge is -2.08. The minimum Gasteiger partial charge on any atom is -0.399 e. The predicted molar refractivity (Wildman–Crippen MR) is 98.5 cm³/mol. The van der Waals surface area contributed by atoms with E-state index in [-0.39, 0.29) is 12.3 Å². The zero-order valence-electron chi connectivity index (χ0n) is 15.4. The fraction of sp³-hybridized carbons (Fsp3) is 0.353. The second-order valence-electron chi connectivity index (χ2n) is 4.87. The summed E-state index contributed by atoms with van der Waals surface area (Å²) < 4.78 is 0. The van der Waals surface area contributed by atoms with Gasteiger partial charge in [-0.3, -0.25) is 4.79 Å². The molecule has 1 rings (SSSR count). The topological polar surface area (TPSA) is 103 Å². The molecule has 0 heterocycles. The Kier molecular flexibility index (Phi) is 9.08. The van der Waals surface area contributed by atoms with Crippen LogP contribution in [-0.2, 0) is 30.8 Å². The van der Waals surface area contributed by atoms with Crippen molar-refractivity contribution in [3.63, 3.8) is 0 Å². The van der Waals surface area contributed by atoms with Gasteiger partial charge in [-0.2, -0.15) is 0 Å². The molecule has 0 spiro atoms. The molecule has 140 valence electrons. The van der Waals surface area contributed by atoms with Crippen LogP contribution in [0.4, 0.5) is 0 Å².